The Labute approximate surface area is 137 Å². The summed E-state index contributed by atoms with van der Waals surface area (Å²) in [4.78, 5) is 12.7. The predicted molar refractivity (Wildman–Crippen MR) is 86.9 cm³/mol. The van der Waals surface area contributed by atoms with E-state index >= 15 is 0 Å². The Hall–Kier alpha value is -1.52. The van der Waals surface area contributed by atoms with Crippen LogP contribution < -0.4 is 9.47 Å². The van der Waals surface area contributed by atoms with E-state index in [2.05, 4.69) is 15.9 Å². The topological polar surface area (TPSA) is 35.5 Å². The monoisotopic (exact) mass is 368 g/mol. The van der Waals surface area contributed by atoms with Crippen LogP contribution in [0.5, 0.6) is 11.5 Å². The molecule has 21 heavy (non-hydrogen) atoms. The van der Waals surface area contributed by atoms with Crippen LogP contribution >= 0.6 is 27.5 Å². The maximum atomic E-state index is 12.7. The zero-order valence-electron chi connectivity index (χ0n) is 11.9. The minimum atomic E-state index is -0.160. The summed E-state index contributed by atoms with van der Waals surface area (Å²) < 4.78 is 11.2. The highest BCUT2D eigenvalue weighted by atomic mass is 79.9. The van der Waals surface area contributed by atoms with Crippen LogP contribution in [0.25, 0.3) is 0 Å². The fourth-order valence-corrected chi connectivity index (χ4v) is 2.81. The first-order chi connectivity index (χ1) is 10.0. The van der Waals surface area contributed by atoms with Crippen molar-refractivity contribution in [2.75, 3.05) is 14.2 Å². The van der Waals surface area contributed by atoms with Crippen LogP contribution in [0.4, 0.5) is 0 Å². The van der Waals surface area contributed by atoms with Crippen LogP contribution in [-0.4, -0.2) is 20.0 Å². The summed E-state index contributed by atoms with van der Waals surface area (Å²) in [6.07, 6.45) is 0. The van der Waals surface area contributed by atoms with Gasteiger partial charge in [0.25, 0.3) is 0 Å². The summed E-state index contributed by atoms with van der Waals surface area (Å²) in [5, 5.41) is 0.287. The number of hydrogen-bond acceptors (Lipinski definition) is 3. The molecule has 0 N–H and O–H groups in total. The van der Waals surface area contributed by atoms with E-state index in [1.54, 1.807) is 18.2 Å². The third kappa shape index (κ3) is 2.92. The lowest BCUT2D eigenvalue weighted by Crippen LogP contribution is -2.06. The SMILES string of the molecule is COc1ccc(C(=O)c2cccc(C)c2Br)c(OC)c1Cl. The summed E-state index contributed by atoms with van der Waals surface area (Å²) >= 11 is 9.65. The van der Waals surface area contributed by atoms with Crippen LogP contribution in [0, 0.1) is 6.92 Å². The first-order valence-corrected chi connectivity index (χ1v) is 7.38. The Kier molecular flexibility index (Phi) is 4.91. The standard InChI is InChI=1S/C16H14BrClO3/c1-9-5-4-6-10(13(9)17)15(19)11-7-8-12(20-2)14(18)16(11)21-3/h4-8H,1-3H3. The quantitative estimate of drug-likeness (QED) is 0.735. The number of benzene rings is 2. The van der Waals surface area contributed by atoms with Crippen molar-refractivity contribution in [1.82, 2.24) is 0 Å². The maximum Gasteiger partial charge on any atom is 0.197 e. The van der Waals surface area contributed by atoms with E-state index in [4.69, 9.17) is 21.1 Å². The van der Waals surface area contributed by atoms with E-state index in [9.17, 15) is 4.79 Å². The molecule has 0 bridgehead atoms. The lowest BCUT2D eigenvalue weighted by molar-refractivity contribution is 0.103. The molecule has 110 valence electrons. The molecule has 0 aliphatic heterocycles. The molecule has 0 amide bonds. The fraction of sp³-hybridized carbons (Fsp3) is 0.188. The Morgan fingerprint density at radius 3 is 2.43 bits per heavy atom. The van der Waals surface area contributed by atoms with Crippen molar-refractivity contribution in [3.63, 3.8) is 0 Å². The van der Waals surface area contributed by atoms with Crippen molar-refractivity contribution in [2.24, 2.45) is 0 Å². The van der Waals surface area contributed by atoms with Crippen molar-refractivity contribution in [3.8, 4) is 11.5 Å². The van der Waals surface area contributed by atoms with Crippen molar-refractivity contribution < 1.29 is 14.3 Å². The Bertz CT molecular complexity index is 698. The molecule has 0 saturated heterocycles. The number of methoxy groups -OCH3 is 2. The van der Waals surface area contributed by atoms with Gasteiger partial charge in [0.15, 0.2) is 11.5 Å². The number of rotatable bonds is 4. The number of aryl methyl sites for hydroxylation is 1. The van der Waals surface area contributed by atoms with Gasteiger partial charge in [-0.2, -0.15) is 0 Å². The van der Waals surface area contributed by atoms with Crippen molar-refractivity contribution in [1.29, 1.82) is 0 Å². The van der Waals surface area contributed by atoms with Gasteiger partial charge in [0.2, 0.25) is 0 Å². The van der Waals surface area contributed by atoms with Crippen molar-refractivity contribution in [2.45, 2.75) is 6.92 Å². The molecule has 2 aromatic carbocycles. The number of ketones is 1. The molecule has 0 unspecified atom stereocenters. The molecule has 0 saturated carbocycles. The number of ether oxygens (including phenoxy) is 2. The maximum absolute atomic E-state index is 12.7. The largest absolute Gasteiger partial charge is 0.495 e. The smallest absolute Gasteiger partial charge is 0.197 e. The molecule has 0 aliphatic carbocycles. The van der Waals surface area contributed by atoms with Gasteiger partial charge in [0, 0.05) is 10.0 Å². The molecule has 0 heterocycles. The molecule has 0 atom stereocenters. The van der Waals surface area contributed by atoms with Crippen LogP contribution in [0.2, 0.25) is 5.02 Å². The molecule has 0 spiro atoms. The molecule has 5 heteroatoms. The Morgan fingerprint density at radius 2 is 1.81 bits per heavy atom. The Morgan fingerprint density at radius 1 is 1.10 bits per heavy atom. The predicted octanol–water partition coefficient (Wildman–Crippen LogP) is 4.66. The van der Waals surface area contributed by atoms with Gasteiger partial charge in [-0.05, 0) is 46.6 Å². The van der Waals surface area contributed by atoms with Crippen LogP contribution in [0.3, 0.4) is 0 Å². The van der Waals surface area contributed by atoms with Gasteiger partial charge in [0.1, 0.15) is 10.8 Å². The molecule has 2 rings (SSSR count). The van der Waals surface area contributed by atoms with E-state index < -0.39 is 0 Å². The first-order valence-electron chi connectivity index (χ1n) is 6.21. The lowest BCUT2D eigenvalue weighted by Gasteiger charge is -2.13. The van der Waals surface area contributed by atoms with Crippen molar-refractivity contribution in [3.05, 3.63) is 56.5 Å². The third-order valence-electron chi connectivity index (χ3n) is 3.17. The van der Waals surface area contributed by atoms with E-state index in [0.29, 0.717) is 22.6 Å². The van der Waals surface area contributed by atoms with E-state index in [0.717, 1.165) is 10.0 Å². The lowest BCUT2D eigenvalue weighted by atomic mass is 10.0. The summed E-state index contributed by atoms with van der Waals surface area (Å²) in [7, 11) is 2.99. The number of halogens is 2. The molecule has 3 nitrogen and oxygen atoms in total. The van der Waals surface area contributed by atoms with E-state index in [1.807, 2.05) is 19.1 Å². The van der Waals surface area contributed by atoms with Crippen LogP contribution in [-0.2, 0) is 0 Å². The summed E-state index contributed by atoms with van der Waals surface area (Å²) in [5.74, 6) is 0.620. The van der Waals surface area contributed by atoms with Gasteiger partial charge in [0.05, 0.1) is 19.8 Å². The number of carbonyl (C=O) groups is 1. The first kappa shape index (κ1) is 15.9. The summed E-state index contributed by atoms with van der Waals surface area (Å²) in [5.41, 5.74) is 1.95. The van der Waals surface area contributed by atoms with E-state index in [1.165, 1.54) is 14.2 Å². The third-order valence-corrected chi connectivity index (χ3v) is 4.58. The second-order valence-corrected chi connectivity index (χ2v) is 5.60. The normalized spacial score (nSPS) is 10.3. The molecular weight excluding hydrogens is 356 g/mol. The van der Waals surface area contributed by atoms with Gasteiger partial charge < -0.3 is 9.47 Å². The minimum absolute atomic E-state index is 0.160. The zero-order chi connectivity index (χ0) is 15.6. The second kappa shape index (κ2) is 6.50. The molecule has 0 radical (unpaired) electrons. The highest BCUT2D eigenvalue weighted by Gasteiger charge is 2.21. The summed E-state index contributed by atoms with van der Waals surface area (Å²) in [6, 6.07) is 8.84. The average molecular weight is 370 g/mol. The highest BCUT2D eigenvalue weighted by molar-refractivity contribution is 9.10. The van der Waals surface area contributed by atoms with Crippen LogP contribution in [0.1, 0.15) is 21.5 Å². The van der Waals surface area contributed by atoms with Gasteiger partial charge in [-0.25, -0.2) is 0 Å². The molecular formula is C16H14BrClO3. The number of hydrogen-bond donors (Lipinski definition) is 0. The molecule has 2 aromatic rings. The van der Waals surface area contributed by atoms with Crippen molar-refractivity contribution >= 4 is 33.3 Å². The highest BCUT2D eigenvalue weighted by Crippen LogP contribution is 2.38. The summed E-state index contributed by atoms with van der Waals surface area (Å²) in [6.45, 7) is 1.93. The fourth-order valence-electron chi connectivity index (χ4n) is 2.04. The van der Waals surface area contributed by atoms with E-state index in [-0.39, 0.29) is 10.8 Å². The molecule has 0 aromatic heterocycles. The second-order valence-electron chi connectivity index (χ2n) is 4.43. The Balaban J connectivity index is 2.59. The molecule has 0 fully saturated rings. The molecule has 0 aliphatic rings. The average Bonchev–Trinajstić information content (AvgIpc) is 2.49. The van der Waals surface area contributed by atoms with Gasteiger partial charge in [-0.1, -0.05) is 23.7 Å². The number of carbonyl (C=O) groups excluding carboxylic acids is 1. The minimum Gasteiger partial charge on any atom is -0.495 e. The van der Waals surface area contributed by atoms with Gasteiger partial charge >= 0.3 is 0 Å². The zero-order valence-corrected chi connectivity index (χ0v) is 14.2. The van der Waals surface area contributed by atoms with Crippen LogP contribution in [0.15, 0.2) is 34.8 Å². The van der Waals surface area contributed by atoms with Gasteiger partial charge in [-0.3, -0.25) is 4.79 Å². The van der Waals surface area contributed by atoms with Gasteiger partial charge in [-0.15, -0.1) is 0 Å².